The lowest BCUT2D eigenvalue weighted by Gasteiger charge is -1.99. The second kappa shape index (κ2) is 3.37. The van der Waals surface area contributed by atoms with Gasteiger partial charge < -0.3 is 0 Å². The SMILES string of the molecule is O=S(=O)(C1=CC=[C+]C1)c1ccccc1. The first kappa shape index (κ1) is 9.13. The molecule has 0 spiro atoms. The van der Waals surface area contributed by atoms with E-state index in [0.717, 1.165) is 0 Å². The monoisotopic (exact) mass is 205 g/mol. The van der Waals surface area contributed by atoms with Crippen LogP contribution < -0.4 is 0 Å². The molecule has 0 unspecified atom stereocenters. The van der Waals surface area contributed by atoms with Crippen LogP contribution in [0, 0.1) is 6.08 Å². The summed E-state index contributed by atoms with van der Waals surface area (Å²) >= 11 is 0. The van der Waals surface area contributed by atoms with Crippen LogP contribution in [-0.4, -0.2) is 8.42 Å². The fraction of sp³-hybridized carbons (Fsp3) is 0.0909. The molecule has 0 bridgehead atoms. The Morgan fingerprint density at radius 2 is 1.86 bits per heavy atom. The van der Waals surface area contributed by atoms with Gasteiger partial charge in [-0.15, -0.1) is 0 Å². The third-order valence-corrected chi connectivity index (χ3v) is 3.93. The first-order valence-electron chi connectivity index (χ1n) is 4.27. The number of sulfone groups is 1. The van der Waals surface area contributed by atoms with Gasteiger partial charge in [0.05, 0.1) is 17.0 Å². The summed E-state index contributed by atoms with van der Waals surface area (Å²) in [4.78, 5) is 0.770. The van der Waals surface area contributed by atoms with E-state index in [0.29, 0.717) is 16.2 Å². The second-order valence-electron chi connectivity index (χ2n) is 3.00. The van der Waals surface area contributed by atoms with Crippen LogP contribution in [0.25, 0.3) is 0 Å². The van der Waals surface area contributed by atoms with Gasteiger partial charge in [-0.2, -0.15) is 0 Å². The summed E-state index contributed by atoms with van der Waals surface area (Å²) in [6, 6.07) is 8.45. The zero-order valence-electron chi connectivity index (χ0n) is 7.47. The van der Waals surface area contributed by atoms with Gasteiger partial charge in [-0.05, 0) is 12.1 Å². The molecule has 0 aromatic heterocycles. The average molecular weight is 205 g/mol. The van der Waals surface area contributed by atoms with Crippen molar-refractivity contribution in [2.24, 2.45) is 0 Å². The summed E-state index contributed by atoms with van der Waals surface area (Å²) in [6.45, 7) is 0. The highest BCUT2D eigenvalue weighted by Crippen LogP contribution is 2.24. The smallest absolute Gasteiger partial charge is 0.217 e. The highest BCUT2D eigenvalue weighted by Gasteiger charge is 2.26. The predicted octanol–water partition coefficient (Wildman–Crippen LogP) is 2.11. The first-order chi connectivity index (χ1) is 6.71. The number of hydrogen-bond acceptors (Lipinski definition) is 2. The molecule has 0 amide bonds. The number of rotatable bonds is 2. The molecule has 0 atom stereocenters. The van der Waals surface area contributed by atoms with Crippen molar-refractivity contribution in [3.63, 3.8) is 0 Å². The highest BCUT2D eigenvalue weighted by molar-refractivity contribution is 7.95. The van der Waals surface area contributed by atoms with Gasteiger partial charge in [-0.25, -0.2) is 8.42 Å². The standard InChI is InChI=1S/C11H9O2S/c12-14(13,11-8-4-5-9-11)10-6-2-1-3-7-10/h1-4,6-8H,9H2/q+1. The third-order valence-electron chi connectivity index (χ3n) is 2.06. The molecule has 1 aromatic carbocycles. The summed E-state index contributed by atoms with van der Waals surface area (Å²) in [5.74, 6) is 0. The predicted molar refractivity (Wildman–Crippen MR) is 54.1 cm³/mol. The fourth-order valence-corrected chi connectivity index (χ4v) is 2.64. The summed E-state index contributed by atoms with van der Waals surface area (Å²) in [6.07, 6.45) is 6.49. The molecule has 1 aromatic rings. The van der Waals surface area contributed by atoms with Crippen molar-refractivity contribution in [1.29, 1.82) is 0 Å². The van der Waals surface area contributed by atoms with E-state index in [1.54, 1.807) is 42.5 Å². The molecule has 2 rings (SSSR count). The van der Waals surface area contributed by atoms with E-state index in [2.05, 4.69) is 6.08 Å². The molecule has 0 heterocycles. The van der Waals surface area contributed by atoms with E-state index in [-0.39, 0.29) is 0 Å². The first-order valence-corrected chi connectivity index (χ1v) is 5.75. The molecule has 70 valence electrons. The zero-order chi connectivity index (χ0) is 10.0. The summed E-state index contributed by atoms with van der Waals surface area (Å²) in [5, 5.41) is 0. The molecular weight excluding hydrogens is 196 g/mol. The number of allylic oxidation sites excluding steroid dienone is 4. The molecule has 14 heavy (non-hydrogen) atoms. The molecular formula is C11H9O2S+. The Morgan fingerprint density at radius 3 is 2.43 bits per heavy atom. The Morgan fingerprint density at radius 1 is 1.14 bits per heavy atom. The minimum atomic E-state index is -3.27. The molecule has 0 saturated heterocycles. The van der Waals surface area contributed by atoms with Gasteiger partial charge in [0.1, 0.15) is 6.42 Å². The third kappa shape index (κ3) is 1.48. The molecule has 1 aliphatic rings. The van der Waals surface area contributed by atoms with Gasteiger partial charge >= 0.3 is 0 Å². The molecule has 3 heteroatoms. The van der Waals surface area contributed by atoms with Crippen LogP contribution in [0.1, 0.15) is 6.42 Å². The van der Waals surface area contributed by atoms with Crippen molar-refractivity contribution in [1.82, 2.24) is 0 Å². The highest BCUT2D eigenvalue weighted by atomic mass is 32.2. The lowest BCUT2D eigenvalue weighted by molar-refractivity contribution is 0.601. The van der Waals surface area contributed by atoms with Gasteiger partial charge in [0, 0.05) is 0 Å². The Labute approximate surface area is 83.5 Å². The van der Waals surface area contributed by atoms with Crippen LogP contribution in [0.4, 0.5) is 0 Å². The van der Waals surface area contributed by atoms with Crippen LogP contribution in [0.5, 0.6) is 0 Å². The Kier molecular flexibility index (Phi) is 2.20. The molecule has 0 radical (unpaired) electrons. The topological polar surface area (TPSA) is 34.1 Å². The molecule has 1 aliphatic carbocycles. The summed E-state index contributed by atoms with van der Waals surface area (Å²) in [5.41, 5.74) is 0. The van der Waals surface area contributed by atoms with E-state index >= 15 is 0 Å². The average Bonchev–Trinajstić information content (AvgIpc) is 2.72. The Hall–Kier alpha value is -1.44. The molecule has 2 nitrogen and oxygen atoms in total. The van der Waals surface area contributed by atoms with E-state index in [1.165, 1.54) is 0 Å². The van der Waals surface area contributed by atoms with E-state index in [1.807, 2.05) is 0 Å². The minimum Gasteiger partial charge on any atom is -0.217 e. The second-order valence-corrected chi connectivity index (χ2v) is 5.00. The molecule has 0 aliphatic heterocycles. The minimum absolute atomic E-state index is 0.350. The normalized spacial score (nSPS) is 15.0. The van der Waals surface area contributed by atoms with Crippen molar-refractivity contribution in [2.75, 3.05) is 0 Å². The van der Waals surface area contributed by atoms with Crippen LogP contribution in [-0.2, 0) is 9.84 Å². The van der Waals surface area contributed by atoms with E-state index in [4.69, 9.17) is 0 Å². The van der Waals surface area contributed by atoms with E-state index < -0.39 is 9.84 Å². The lowest BCUT2D eigenvalue weighted by Crippen LogP contribution is -2.02. The van der Waals surface area contributed by atoms with Crippen molar-refractivity contribution in [2.45, 2.75) is 11.3 Å². The van der Waals surface area contributed by atoms with Crippen LogP contribution in [0.2, 0.25) is 0 Å². The van der Waals surface area contributed by atoms with Gasteiger partial charge in [0.15, 0.2) is 11.0 Å². The van der Waals surface area contributed by atoms with Gasteiger partial charge in [0.25, 0.3) is 0 Å². The maximum Gasteiger partial charge on any atom is 0.224 e. The molecule has 0 N–H and O–H groups in total. The fourth-order valence-electron chi connectivity index (χ4n) is 1.31. The summed E-state index contributed by atoms with van der Waals surface area (Å²) < 4.78 is 23.8. The van der Waals surface area contributed by atoms with Gasteiger partial charge in [-0.1, -0.05) is 18.2 Å². The van der Waals surface area contributed by atoms with Gasteiger partial charge in [-0.3, -0.25) is 0 Å². The van der Waals surface area contributed by atoms with Crippen molar-refractivity contribution in [3.05, 3.63) is 53.5 Å². The Bertz CT molecular complexity index is 481. The van der Waals surface area contributed by atoms with Crippen LogP contribution in [0.3, 0.4) is 0 Å². The molecule has 0 saturated carbocycles. The maximum atomic E-state index is 11.9. The van der Waals surface area contributed by atoms with E-state index in [9.17, 15) is 8.42 Å². The molecule has 0 fully saturated rings. The summed E-state index contributed by atoms with van der Waals surface area (Å²) in [7, 11) is -3.27. The van der Waals surface area contributed by atoms with Crippen molar-refractivity contribution >= 4 is 9.84 Å². The van der Waals surface area contributed by atoms with Gasteiger partial charge in [0.2, 0.25) is 9.84 Å². The zero-order valence-corrected chi connectivity index (χ0v) is 8.29. The quantitative estimate of drug-likeness (QED) is 0.693. The Balaban J connectivity index is 2.44. The maximum absolute atomic E-state index is 11.9. The number of benzene rings is 1. The lowest BCUT2D eigenvalue weighted by atomic mass is 10.4. The number of hydrogen-bond donors (Lipinski definition) is 0. The van der Waals surface area contributed by atoms with Crippen LogP contribution >= 0.6 is 0 Å². The van der Waals surface area contributed by atoms with Crippen LogP contribution in [0.15, 0.2) is 52.3 Å². The largest absolute Gasteiger partial charge is 0.224 e. The van der Waals surface area contributed by atoms with Crippen molar-refractivity contribution < 1.29 is 8.42 Å². The van der Waals surface area contributed by atoms with Crippen molar-refractivity contribution in [3.8, 4) is 0 Å².